The molecule has 0 bridgehead atoms. The Morgan fingerprint density at radius 1 is 1.32 bits per heavy atom. The normalized spacial score (nSPS) is 16.0. The number of carbonyl (C=O) groups excluding carboxylic acids is 2. The van der Waals surface area contributed by atoms with Crippen LogP contribution in [0.2, 0.25) is 0 Å². The third-order valence-electron chi connectivity index (χ3n) is 4.13. The second-order valence-corrected chi connectivity index (χ2v) is 5.95. The maximum atomic E-state index is 12.5. The van der Waals surface area contributed by atoms with Crippen LogP contribution in [-0.4, -0.2) is 24.5 Å². The second kappa shape index (κ2) is 6.81. The molecule has 5 nitrogen and oxygen atoms in total. The highest BCUT2D eigenvalue weighted by Gasteiger charge is 2.30. The Kier molecular flexibility index (Phi) is 4.57. The van der Waals surface area contributed by atoms with Crippen molar-refractivity contribution in [3.05, 3.63) is 66.2 Å². The SMILES string of the molecule is C=CCN1C(=O)C(C)Oc2cc(NC(=O)c3ccccc3C)ccc21. The van der Waals surface area contributed by atoms with E-state index in [1.165, 1.54) is 0 Å². The molecule has 0 saturated carbocycles. The van der Waals surface area contributed by atoms with E-state index in [9.17, 15) is 9.59 Å². The first-order valence-electron chi connectivity index (χ1n) is 8.11. The van der Waals surface area contributed by atoms with Gasteiger partial charge in [-0.1, -0.05) is 24.3 Å². The molecule has 1 unspecified atom stereocenters. The highest BCUT2D eigenvalue weighted by atomic mass is 16.5. The van der Waals surface area contributed by atoms with Crippen molar-refractivity contribution in [3.63, 3.8) is 0 Å². The van der Waals surface area contributed by atoms with E-state index >= 15 is 0 Å². The maximum Gasteiger partial charge on any atom is 0.268 e. The molecule has 2 aromatic carbocycles. The molecule has 3 rings (SSSR count). The zero-order valence-corrected chi connectivity index (χ0v) is 14.3. The van der Waals surface area contributed by atoms with Gasteiger partial charge in [-0.05, 0) is 37.6 Å². The average Bonchev–Trinajstić information content (AvgIpc) is 2.59. The number of benzene rings is 2. The highest BCUT2D eigenvalue weighted by Crippen LogP contribution is 2.36. The zero-order valence-electron chi connectivity index (χ0n) is 14.3. The summed E-state index contributed by atoms with van der Waals surface area (Å²) in [4.78, 5) is 26.3. The molecule has 25 heavy (non-hydrogen) atoms. The highest BCUT2D eigenvalue weighted by molar-refractivity contribution is 6.06. The molecule has 2 amide bonds. The summed E-state index contributed by atoms with van der Waals surface area (Å²) in [5, 5.41) is 2.88. The number of hydrogen-bond donors (Lipinski definition) is 1. The van der Waals surface area contributed by atoms with E-state index in [1.54, 1.807) is 42.2 Å². The Morgan fingerprint density at radius 2 is 2.08 bits per heavy atom. The van der Waals surface area contributed by atoms with Gasteiger partial charge in [0, 0.05) is 23.9 Å². The van der Waals surface area contributed by atoms with E-state index in [0.717, 1.165) is 5.56 Å². The molecule has 1 heterocycles. The van der Waals surface area contributed by atoms with Gasteiger partial charge in [-0.25, -0.2) is 0 Å². The minimum absolute atomic E-state index is 0.107. The van der Waals surface area contributed by atoms with Crippen LogP contribution in [0, 0.1) is 6.92 Å². The Hall–Kier alpha value is -3.08. The number of aryl methyl sites for hydroxylation is 1. The lowest BCUT2D eigenvalue weighted by Gasteiger charge is -2.32. The van der Waals surface area contributed by atoms with Crippen LogP contribution in [0.4, 0.5) is 11.4 Å². The van der Waals surface area contributed by atoms with Gasteiger partial charge in [-0.2, -0.15) is 0 Å². The van der Waals surface area contributed by atoms with Gasteiger partial charge in [-0.15, -0.1) is 6.58 Å². The first-order valence-corrected chi connectivity index (χ1v) is 8.11. The monoisotopic (exact) mass is 336 g/mol. The topological polar surface area (TPSA) is 58.6 Å². The van der Waals surface area contributed by atoms with Crippen LogP contribution in [0.5, 0.6) is 5.75 Å². The molecular formula is C20H20N2O3. The summed E-state index contributed by atoms with van der Waals surface area (Å²) in [5.74, 6) is 0.279. The van der Waals surface area contributed by atoms with Crippen molar-refractivity contribution in [3.8, 4) is 5.75 Å². The third-order valence-corrected chi connectivity index (χ3v) is 4.13. The van der Waals surface area contributed by atoms with Gasteiger partial charge in [0.15, 0.2) is 6.10 Å². The molecule has 0 radical (unpaired) electrons. The van der Waals surface area contributed by atoms with Crippen LogP contribution in [0.25, 0.3) is 0 Å². The molecular weight excluding hydrogens is 316 g/mol. The summed E-state index contributed by atoms with van der Waals surface area (Å²) >= 11 is 0. The molecule has 1 atom stereocenters. The molecule has 0 aliphatic carbocycles. The summed E-state index contributed by atoms with van der Waals surface area (Å²) in [6.07, 6.45) is 1.10. The summed E-state index contributed by atoms with van der Waals surface area (Å²) < 4.78 is 5.70. The molecule has 0 saturated heterocycles. The Bertz CT molecular complexity index is 845. The zero-order chi connectivity index (χ0) is 18.0. The van der Waals surface area contributed by atoms with Crippen molar-refractivity contribution in [2.45, 2.75) is 20.0 Å². The minimum Gasteiger partial charge on any atom is -0.479 e. The summed E-state index contributed by atoms with van der Waals surface area (Å²) in [6, 6.07) is 12.7. The molecule has 0 fully saturated rings. The van der Waals surface area contributed by atoms with Crippen molar-refractivity contribution >= 4 is 23.2 Å². The predicted octanol–water partition coefficient (Wildman–Crippen LogP) is 3.55. The molecule has 0 aromatic heterocycles. The predicted molar refractivity (Wildman–Crippen MR) is 98.2 cm³/mol. The number of nitrogens with one attached hydrogen (secondary N) is 1. The molecule has 0 spiro atoms. The third kappa shape index (κ3) is 3.26. The van der Waals surface area contributed by atoms with Crippen LogP contribution < -0.4 is 15.0 Å². The van der Waals surface area contributed by atoms with Crippen molar-refractivity contribution in [2.75, 3.05) is 16.8 Å². The number of rotatable bonds is 4. The standard InChI is InChI=1S/C20H20N2O3/c1-4-11-22-17-10-9-15(12-18(17)25-14(3)20(22)24)21-19(23)16-8-6-5-7-13(16)2/h4-10,12,14H,1,11H2,2-3H3,(H,21,23). The van der Waals surface area contributed by atoms with Gasteiger partial charge in [0.2, 0.25) is 0 Å². The Morgan fingerprint density at radius 3 is 2.80 bits per heavy atom. The molecule has 1 N–H and O–H groups in total. The number of nitrogens with zero attached hydrogens (tertiary/aromatic N) is 1. The van der Waals surface area contributed by atoms with Gasteiger partial charge in [0.25, 0.3) is 11.8 Å². The van der Waals surface area contributed by atoms with Crippen LogP contribution in [0.15, 0.2) is 55.1 Å². The largest absolute Gasteiger partial charge is 0.479 e. The summed E-state index contributed by atoms with van der Waals surface area (Å²) in [6.45, 7) is 7.71. The summed E-state index contributed by atoms with van der Waals surface area (Å²) in [7, 11) is 0. The van der Waals surface area contributed by atoms with Crippen molar-refractivity contribution in [1.82, 2.24) is 0 Å². The molecule has 5 heteroatoms. The molecule has 1 aliphatic heterocycles. The second-order valence-electron chi connectivity index (χ2n) is 5.95. The number of carbonyl (C=O) groups is 2. The van der Waals surface area contributed by atoms with Crippen LogP contribution in [-0.2, 0) is 4.79 Å². The number of amides is 2. The Balaban J connectivity index is 1.87. The van der Waals surface area contributed by atoms with E-state index < -0.39 is 6.10 Å². The smallest absolute Gasteiger partial charge is 0.268 e. The van der Waals surface area contributed by atoms with E-state index in [2.05, 4.69) is 11.9 Å². The van der Waals surface area contributed by atoms with E-state index in [0.29, 0.717) is 29.2 Å². The first kappa shape index (κ1) is 16.8. The van der Waals surface area contributed by atoms with E-state index in [-0.39, 0.29) is 11.8 Å². The van der Waals surface area contributed by atoms with Crippen LogP contribution in [0.3, 0.4) is 0 Å². The Labute approximate surface area is 146 Å². The lowest BCUT2D eigenvalue weighted by atomic mass is 10.1. The first-order chi connectivity index (χ1) is 12.0. The number of anilines is 2. The van der Waals surface area contributed by atoms with Gasteiger partial charge < -0.3 is 15.0 Å². The van der Waals surface area contributed by atoms with Crippen molar-refractivity contribution in [2.24, 2.45) is 0 Å². The van der Waals surface area contributed by atoms with Crippen LogP contribution in [0.1, 0.15) is 22.8 Å². The lowest BCUT2D eigenvalue weighted by molar-refractivity contribution is -0.125. The fourth-order valence-corrected chi connectivity index (χ4v) is 2.83. The number of ether oxygens (including phenoxy) is 1. The van der Waals surface area contributed by atoms with Crippen molar-refractivity contribution < 1.29 is 14.3 Å². The van der Waals surface area contributed by atoms with Crippen molar-refractivity contribution in [1.29, 1.82) is 0 Å². The van der Waals surface area contributed by atoms with E-state index in [4.69, 9.17) is 4.74 Å². The van der Waals surface area contributed by atoms with Crippen LogP contribution >= 0.6 is 0 Å². The molecule has 2 aromatic rings. The maximum absolute atomic E-state index is 12.5. The molecule has 128 valence electrons. The van der Waals surface area contributed by atoms with Gasteiger partial charge in [-0.3, -0.25) is 9.59 Å². The fourth-order valence-electron chi connectivity index (χ4n) is 2.83. The minimum atomic E-state index is -0.574. The number of hydrogen-bond acceptors (Lipinski definition) is 3. The average molecular weight is 336 g/mol. The fraction of sp³-hybridized carbons (Fsp3) is 0.200. The quantitative estimate of drug-likeness (QED) is 0.869. The van der Waals surface area contributed by atoms with Gasteiger partial charge >= 0.3 is 0 Å². The van der Waals surface area contributed by atoms with E-state index in [1.807, 2.05) is 25.1 Å². The lowest BCUT2D eigenvalue weighted by Crippen LogP contribution is -2.44. The van der Waals surface area contributed by atoms with Gasteiger partial charge in [0.1, 0.15) is 5.75 Å². The molecule has 1 aliphatic rings. The number of fused-ring (bicyclic) bond motifs is 1. The van der Waals surface area contributed by atoms with Gasteiger partial charge in [0.05, 0.1) is 5.69 Å². The summed E-state index contributed by atoms with van der Waals surface area (Å²) in [5.41, 5.74) is 2.83.